The molecule has 7 nitrogen and oxygen atoms in total. The maximum atomic E-state index is 12.3. The Kier molecular flexibility index (Phi) is 7.93. The number of carbonyl (C=O) groups is 1. The predicted octanol–water partition coefficient (Wildman–Crippen LogP) is 3.78. The molecule has 0 fully saturated rings. The minimum atomic E-state index is -0.557. The van der Waals surface area contributed by atoms with E-state index in [1.807, 2.05) is 30.3 Å². The molecule has 0 aliphatic carbocycles. The molecule has 0 aliphatic heterocycles. The van der Waals surface area contributed by atoms with Crippen molar-refractivity contribution in [2.45, 2.75) is 25.9 Å². The molecule has 0 saturated heterocycles. The number of amides is 1. The molecule has 2 aromatic carbocycles. The van der Waals surface area contributed by atoms with E-state index in [1.54, 1.807) is 32.2 Å². The number of nitrogens with zero attached hydrogens (tertiary/aromatic N) is 2. The fraction of sp³-hybridized carbons (Fsp3) is 0.292. The van der Waals surface area contributed by atoms with Crippen molar-refractivity contribution in [1.82, 2.24) is 15.8 Å². The number of hydrogen-bond acceptors (Lipinski definition) is 6. The van der Waals surface area contributed by atoms with E-state index in [9.17, 15) is 4.79 Å². The Morgan fingerprint density at radius 1 is 1.19 bits per heavy atom. The fourth-order valence-electron chi connectivity index (χ4n) is 3.04. The van der Waals surface area contributed by atoms with Crippen LogP contribution in [0, 0.1) is 11.3 Å². The van der Waals surface area contributed by atoms with Gasteiger partial charge < -0.3 is 19.9 Å². The Labute approximate surface area is 182 Å². The third kappa shape index (κ3) is 6.25. The molecular formula is C24H26N4O3. The molecule has 0 saturated carbocycles. The molecule has 3 rings (SSSR count). The maximum Gasteiger partial charge on any atom is 0.252 e. The monoisotopic (exact) mass is 418 g/mol. The molecule has 1 amide bonds. The van der Waals surface area contributed by atoms with Gasteiger partial charge in [0, 0.05) is 43.0 Å². The summed E-state index contributed by atoms with van der Waals surface area (Å²) in [6.07, 6.45) is 0.982. The van der Waals surface area contributed by atoms with Crippen molar-refractivity contribution in [1.29, 1.82) is 5.26 Å². The van der Waals surface area contributed by atoms with Crippen LogP contribution in [0.3, 0.4) is 0 Å². The third-order valence-corrected chi connectivity index (χ3v) is 4.74. The van der Waals surface area contributed by atoms with Gasteiger partial charge in [-0.05, 0) is 37.6 Å². The third-order valence-electron chi connectivity index (χ3n) is 4.74. The van der Waals surface area contributed by atoms with E-state index >= 15 is 0 Å². The summed E-state index contributed by atoms with van der Waals surface area (Å²) in [6.45, 7) is 4.10. The lowest BCUT2D eigenvalue weighted by atomic mass is 10.1. The lowest BCUT2D eigenvalue weighted by molar-refractivity contribution is 0.0948. The summed E-state index contributed by atoms with van der Waals surface area (Å²) in [5.74, 6) is 0.355. The van der Waals surface area contributed by atoms with Gasteiger partial charge in [-0.25, -0.2) is 0 Å². The number of benzene rings is 2. The summed E-state index contributed by atoms with van der Waals surface area (Å²) in [4.78, 5) is 12.3. The number of carbonyl (C=O) groups excluding carboxylic acids is 1. The Hall–Kier alpha value is -3.47. The number of aromatic nitrogens is 1. The highest BCUT2D eigenvalue weighted by Crippen LogP contribution is 2.26. The number of nitrogens with one attached hydrogen (secondary N) is 2. The summed E-state index contributed by atoms with van der Waals surface area (Å²) >= 11 is 0. The van der Waals surface area contributed by atoms with Crippen LogP contribution >= 0.6 is 0 Å². The molecule has 1 aromatic heterocycles. The van der Waals surface area contributed by atoms with Crippen LogP contribution in [0.25, 0.3) is 22.6 Å². The second-order valence-corrected chi connectivity index (χ2v) is 7.20. The molecule has 160 valence electrons. The van der Waals surface area contributed by atoms with Crippen LogP contribution in [0.1, 0.15) is 29.3 Å². The molecule has 1 unspecified atom stereocenters. The predicted molar refractivity (Wildman–Crippen MR) is 118 cm³/mol. The lowest BCUT2D eigenvalue weighted by Gasteiger charge is -2.07. The van der Waals surface area contributed by atoms with Gasteiger partial charge in [-0.15, -0.1) is 0 Å². The molecule has 1 atom stereocenters. The SMILES string of the molecule is COCCCNCc1ccc(-c2cc(-c3cccc(C(=O)NC(C)C#N)c3)no2)cc1. The van der Waals surface area contributed by atoms with Crippen LogP contribution < -0.4 is 10.6 Å². The zero-order valence-electron chi connectivity index (χ0n) is 17.7. The fourth-order valence-corrected chi connectivity index (χ4v) is 3.04. The Morgan fingerprint density at radius 2 is 2.00 bits per heavy atom. The Bertz CT molecular complexity index is 1040. The highest BCUT2D eigenvalue weighted by atomic mass is 16.5. The van der Waals surface area contributed by atoms with Crippen LogP contribution in [-0.4, -0.2) is 37.4 Å². The van der Waals surface area contributed by atoms with E-state index in [0.717, 1.165) is 37.2 Å². The minimum Gasteiger partial charge on any atom is -0.385 e. The van der Waals surface area contributed by atoms with Crippen LogP contribution in [0.2, 0.25) is 0 Å². The second-order valence-electron chi connectivity index (χ2n) is 7.20. The summed E-state index contributed by atoms with van der Waals surface area (Å²) in [5, 5.41) is 19.0. The van der Waals surface area contributed by atoms with Crippen molar-refractivity contribution in [3.63, 3.8) is 0 Å². The molecule has 1 heterocycles. The van der Waals surface area contributed by atoms with Crippen LogP contribution in [0.5, 0.6) is 0 Å². The normalized spacial score (nSPS) is 11.6. The average molecular weight is 418 g/mol. The molecular weight excluding hydrogens is 392 g/mol. The zero-order valence-corrected chi connectivity index (χ0v) is 17.7. The smallest absolute Gasteiger partial charge is 0.252 e. The van der Waals surface area contributed by atoms with Crippen LogP contribution in [0.15, 0.2) is 59.1 Å². The van der Waals surface area contributed by atoms with E-state index in [4.69, 9.17) is 14.5 Å². The van der Waals surface area contributed by atoms with Gasteiger partial charge in [0.05, 0.1) is 6.07 Å². The van der Waals surface area contributed by atoms with Crippen molar-refractivity contribution in [3.8, 4) is 28.7 Å². The first-order chi connectivity index (χ1) is 15.1. The molecule has 0 bridgehead atoms. The van der Waals surface area contributed by atoms with E-state index in [0.29, 0.717) is 17.0 Å². The quantitative estimate of drug-likeness (QED) is 0.486. The van der Waals surface area contributed by atoms with E-state index in [-0.39, 0.29) is 5.91 Å². The van der Waals surface area contributed by atoms with Crippen LogP contribution in [-0.2, 0) is 11.3 Å². The number of methoxy groups -OCH3 is 1. The van der Waals surface area contributed by atoms with Gasteiger partial charge in [-0.1, -0.05) is 41.6 Å². The van der Waals surface area contributed by atoms with Crippen molar-refractivity contribution < 1.29 is 14.1 Å². The lowest BCUT2D eigenvalue weighted by Crippen LogP contribution is -2.31. The Balaban J connectivity index is 1.66. The molecule has 31 heavy (non-hydrogen) atoms. The van der Waals surface area contributed by atoms with E-state index < -0.39 is 6.04 Å². The molecule has 0 radical (unpaired) electrons. The molecule has 0 aliphatic rings. The second kappa shape index (κ2) is 11.1. The molecule has 7 heteroatoms. The van der Waals surface area contributed by atoms with Gasteiger partial charge in [-0.3, -0.25) is 4.79 Å². The highest BCUT2D eigenvalue weighted by molar-refractivity contribution is 5.95. The van der Waals surface area contributed by atoms with Crippen LogP contribution in [0.4, 0.5) is 0 Å². The van der Waals surface area contributed by atoms with E-state index in [1.165, 1.54) is 5.56 Å². The zero-order chi connectivity index (χ0) is 22.1. The number of nitriles is 1. The molecule has 0 spiro atoms. The highest BCUT2D eigenvalue weighted by Gasteiger charge is 2.13. The van der Waals surface area contributed by atoms with Gasteiger partial charge >= 0.3 is 0 Å². The molecule has 2 N–H and O–H groups in total. The van der Waals surface area contributed by atoms with Crippen molar-refractivity contribution >= 4 is 5.91 Å². The first-order valence-corrected chi connectivity index (χ1v) is 10.2. The topological polar surface area (TPSA) is 100 Å². The Morgan fingerprint density at radius 3 is 2.74 bits per heavy atom. The van der Waals surface area contributed by atoms with Gasteiger partial charge in [-0.2, -0.15) is 5.26 Å². The van der Waals surface area contributed by atoms with Crippen molar-refractivity contribution in [2.24, 2.45) is 0 Å². The summed E-state index contributed by atoms with van der Waals surface area (Å²) < 4.78 is 10.6. The van der Waals surface area contributed by atoms with Gasteiger partial charge in [0.15, 0.2) is 5.76 Å². The van der Waals surface area contributed by atoms with Crippen molar-refractivity contribution in [3.05, 3.63) is 65.7 Å². The summed E-state index contributed by atoms with van der Waals surface area (Å²) in [7, 11) is 1.71. The minimum absolute atomic E-state index is 0.300. The maximum absolute atomic E-state index is 12.3. The summed E-state index contributed by atoms with van der Waals surface area (Å²) in [6, 6.07) is 18.5. The number of ether oxygens (including phenoxy) is 1. The number of hydrogen-bond donors (Lipinski definition) is 2. The summed E-state index contributed by atoms with van der Waals surface area (Å²) in [5.41, 5.74) is 3.99. The standard InChI is InChI=1S/C24H26N4O3/c1-17(15-25)27-24(29)21-6-3-5-20(13-21)22-14-23(31-28-22)19-9-7-18(8-10-19)16-26-11-4-12-30-2/h3,5-10,13-14,17,26H,4,11-12,16H2,1-2H3,(H,27,29). The van der Waals surface area contributed by atoms with Gasteiger partial charge in [0.2, 0.25) is 0 Å². The first kappa shape index (κ1) is 22.2. The van der Waals surface area contributed by atoms with Gasteiger partial charge in [0.1, 0.15) is 11.7 Å². The largest absolute Gasteiger partial charge is 0.385 e. The first-order valence-electron chi connectivity index (χ1n) is 10.2. The number of rotatable bonds is 10. The average Bonchev–Trinajstić information content (AvgIpc) is 3.30. The van der Waals surface area contributed by atoms with E-state index in [2.05, 4.69) is 27.9 Å². The van der Waals surface area contributed by atoms with Gasteiger partial charge in [0.25, 0.3) is 5.91 Å². The van der Waals surface area contributed by atoms with Crippen molar-refractivity contribution in [2.75, 3.05) is 20.3 Å². The molecule has 3 aromatic rings.